The van der Waals surface area contributed by atoms with E-state index < -0.39 is 0 Å². The van der Waals surface area contributed by atoms with E-state index in [1.165, 1.54) is 0 Å². The number of methoxy groups -OCH3 is 1. The Morgan fingerprint density at radius 3 is 3.12 bits per heavy atom. The van der Waals surface area contributed by atoms with Gasteiger partial charge in [0.15, 0.2) is 5.11 Å². The van der Waals surface area contributed by atoms with E-state index in [0.29, 0.717) is 0 Å². The van der Waals surface area contributed by atoms with E-state index in [2.05, 4.69) is 10.2 Å². The van der Waals surface area contributed by atoms with Crippen molar-refractivity contribution in [3.63, 3.8) is 0 Å². The number of ether oxygens (including phenoxy) is 1. The average molecular weight is 254 g/mol. The zero-order valence-electron chi connectivity index (χ0n) is 9.10. The van der Waals surface area contributed by atoms with Crippen LogP contribution in [0, 0.1) is 0 Å². The van der Waals surface area contributed by atoms with Gasteiger partial charge >= 0.3 is 0 Å². The Kier molecular flexibility index (Phi) is 3.90. The van der Waals surface area contributed by atoms with Crippen molar-refractivity contribution in [2.75, 3.05) is 30.6 Å². The molecule has 3 nitrogen and oxygen atoms in total. The van der Waals surface area contributed by atoms with Gasteiger partial charge in [0.25, 0.3) is 0 Å². The van der Waals surface area contributed by atoms with Crippen LogP contribution < -0.4 is 10.1 Å². The summed E-state index contributed by atoms with van der Waals surface area (Å²) >= 11 is 7.24. The maximum absolute atomic E-state index is 5.34. The van der Waals surface area contributed by atoms with Crippen molar-refractivity contribution in [2.24, 2.45) is 0 Å². The van der Waals surface area contributed by atoms with E-state index in [-0.39, 0.29) is 0 Å². The Balaban J connectivity index is 1.99. The van der Waals surface area contributed by atoms with Crippen LogP contribution in [-0.4, -0.2) is 35.3 Å². The summed E-state index contributed by atoms with van der Waals surface area (Å²) in [6.45, 7) is 1.03. The Labute approximate surface area is 105 Å². The molecule has 0 bridgehead atoms. The second-order valence-electron chi connectivity index (χ2n) is 3.46. The van der Waals surface area contributed by atoms with Gasteiger partial charge in [0.05, 0.1) is 13.0 Å². The van der Waals surface area contributed by atoms with Crippen molar-refractivity contribution >= 4 is 34.8 Å². The first kappa shape index (κ1) is 11.5. The fraction of sp³-hybridized carbons (Fsp3) is 0.364. The molecule has 16 heavy (non-hydrogen) atoms. The summed E-state index contributed by atoms with van der Waals surface area (Å²) in [4.78, 5) is 2.17. The number of benzene rings is 1. The van der Waals surface area contributed by atoms with Gasteiger partial charge in [-0.15, -0.1) is 11.8 Å². The Hall–Kier alpha value is -0.940. The number of nitrogens with one attached hydrogen (secondary N) is 1. The van der Waals surface area contributed by atoms with Crippen LogP contribution in [0.1, 0.15) is 0 Å². The molecule has 0 aliphatic carbocycles. The maximum atomic E-state index is 5.34. The second kappa shape index (κ2) is 5.41. The van der Waals surface area contributed by atoms with Crippen LogP contribution in [0.2, 0.25) is 0 Å². The highest BCUT2D eigenvalue weighted by Gasteiger charge is 2.14. The molecule has 1 aliphatic rings. The van der Waals surface area contributed by atoms with E-state index in [1.807, 2.05) is 36.0 Å². The highest BCUT2D eigenvalue weighted by Crippen LogP contribution is 2.19. The molecule has 1 aliphatic heterocycles. The second-order valence-corrected chi connectivity index (χ2v) is 4.92. The molecule has 0 spiro atoms. The van der Waals surface area contributed by atoms with Crippen molar-refractivity contribution in [3.05, 3.63) is 24.3 Å². The van der Waals surface area contributed by atoms with Gasteiger partial charge in [-0.25, -0.2) is 0 Å². The maximum Gasteiger partial charge on any atom is 0.174 e. The lowest BCUT2D eigenvalue weighted by atomic mass is 10.3. The summed E-state index contributed by atoms with van der Waals surface area (Å²) < 4.78 is 5.16. The zero-order chi connectivity index (χ0) is 11.4. The standard InChI is InChI=1S/C11H14N2OS2/c1-14-10-4-2-3-9(7-10)12-11(15)13-5-6-16-8-13/h2-4,7H,5-6,8H2,1H3,(H,12,15). The number of rotatable bonds is 2. The summed E-state index contributed by atoms with van der Waals surface area (Å²) in [5, 5.41) is 4.01. The molecular weight excluding hydrogens is 240 g/mol. The van der Waals surface area contributed by atoms with Crippen LogP contribution >= 0.6 is 24.0 Å². The van der Waals surface area contributed by atoms with Gasteiger partial charge in [0, 0.05) is 24.1 Å². The number of hydrogen-bond acceptors (Lipinski definition) is 3. The van der Waals surface area contributed by atoms with E-state index >= 15 is 0 Å². The third-order valence-electron chi connectivity index (χ3n) is 2.36. The number of thioether (sulfide) groups is 1. The quantitative estimate of drug-likeness (QED) is 0.817. The molecule has 5 heteroatoms. The van der Waals surface area contributed by atoms with Crippen molar-refractivity contribution in [1.82, 2.24) is 4.90 Å². The lowest BCUT2D eigenvalue weighted by Gasteiger charge is -2.19. The molecule has 1 fully saturated rings. The molecular formula is C11H14N2OS2. The first-order valence-corrected chi connectivity index (χ1v) is 6.63. The molecule has 1 aromatic rings. The average Bonchev–Trinajstić information content (AvgIpc) is 2.83. The molecule has 0 unspecified atom stereocenters. The van der Waals surface area contributed by atoms with Gasteiger partial charge in [0.1, 0.15) is 5.75 Å². The van der Waals surface area contributed by atoms with Gasteiger partial charge in [-0.05, 0) is 24.4 Å². The fourth-order valence-corrected chi connectivity index (χ4v) is 2.79. The summed E-state index contributed by atoms with van der Waals surface area (Å²) in [6.07, 6.45) is 0. The van der Waals surface area contributed by atoms with Gasteiger partial charge in [-0.1, -0.05) is 6.07 Å². The fourth-order valence-electron chi connectivity index (χ4n) is 1.48. The predicted molar refractivity (Wildman–Crippen MR) is 73.2 cm³/mol. The molecule has 0 atom stereocenters. The minimum absolute atomic E-state index is 0.790. The third-order valence-corrected chi connectivity index (χ3v) is 3.69. The van der Waals surface area contributed by atoms with Crippen molar-refractivity contribution in [1.29, 1.82) is 0 Å². The lowest BCUT2D eigenvalue weighted by molar-refractivity contribution is 0.415. The van der Waals surface area contributed by atoms with Crippen LogP contribution in [0.15, 0.2) is 24.3 Å². The summed E-state index contributed by atoms with van der Waals surface area (Å²) in [6, 6.07) is 7.79. The van der Waals surface area contributed by atoms with Gasteiger partial charge in [-0.3, -0.25) is 0 Å². The highest BCUT2D eigenvalue weighted by molar-refractivity contribution is 7.99. The van der Waals surface area contributed by atoms with Gasteiger partial charge < -0.3 is 15.0 Å². The Bertz CT molecular complexity index is 378. The number of nitrogens with zero attached hydrogens (tertiary/aromatic N) is 1. The molecule has 0 aromatic heterocycles. The normalized spacial score (nSPS) is 14.9. The van der Waals surface area contributed by atoms with Crippen LogP contribution in [0.4, 0.5) is 5.69 Å². The lowest BCUT2D eigenvalue weighted by Crippen LogP contribution is -2.31. The highest BCUT2D eigenvalue weighted by atomic mass is 32.2. The van der Waals surface area contributed by atoms with E-state index in [4.69, 9.17) is 17.0 Å². The SMILES string of the molecule is COc1cccc(NC(=S)N2CCSC2)c1. The van der Waals surface area contributed by atoms with Crippen LogP contribution in [0.5, 0.6) is 5.75 Å². The minimum atomic E-state index is 0.790. The largest absolute Gasteiger partial charge is 0.497 e. The van der Waals surface area contributed by atoms with Crippen molar-refractivity contribution in [2.45, 2.75) is 0 Å². The molecule has 0 amide bonds. The third kappa shape index (κ3) is 2.80. The first-order chi connectivity index (χ1) is 7.79. The van der Waals surface area contributed by atoms with Crippen molar-refractivity contribution in [3.8, 4) is 5.75 Å². The van der Waals surface area contributed by atoms with Crippen LogP contribution in [0.25, 0.3) is 0 Å². The summed E-state index contributed by atoms with van der Waals surface area (Å²) in [7, 11) is 1.66. The van der Waals surface area contributed by atoms with Gasteiger partial charge in [0.2, 0.25) is 0 Å². The topological polar surface area (TPSA) is 24.5 Å². The van der Waals surface area contributed by atoms with Crippen LogP contribution in [-0.2, 0) is 0 Å². The van der Waals surface area contributed by atoms with E-state index in [1.54, 1.807) is 7.11 Å². The molecule has 0 radical (unpaired) electrons. The number of thiocarbonyl (C=S) groups is 1. The molecule has 2 rings (SSSR count). The monoisotopic (exact) mass is 254 g/mol. The zero-order valence-corrected chi connectivity index (χ0v) is 10.7. The molecule has 1 aromatic carbocycles. The van der Waals surface area contributed by atoms with E-state index in [0.717, 1.165) is 34.7 Å². The Morgan fingerprint density at radius 1 is 1.56 bits per heavy atom. The smallest absolute Gasteiger partial charge is 0.174 e. The minimum Gasteiger partial charge on any atom is -0.497 e. The first-order valence-electron chi connectivity index (χ1n) is 5.07. The summed E-state index contributed by atoms with van der Waals surface area (Å²) in [5.74, 6) is 2.97. The predicted octanol–water partition coefficient (Wildman–Crippen LogP) is 2.40. The summed E-state index contributed by atoms with van der Waals surface area (Å²) in [5.41, 5.74) is 0.973. The van der Waals surface area contributed by atoms with E-state index in [9.17, 15) is 0 Å². The number of anilines is 1. The van der Waals surface area contributed by atoms with Crippen LogP contribution in [0.3, 0.4) is 0 Å². The molecule has 0 saturated carbocycles. The Morgan fingerprint density at radius 2 is 2.44 bits per heavy atom. The van der Waals surface area contributed by atoms with Crippen molar-refractivity contribution < 1.29 is 4.74 Å². The molecule has 1 saturated heterocycles. The van der Waals surface area contributed by atoms with Gasteiger partial charge in [-0.2, -0.15) is 0 Å². The molecule has 1 N–H and O–H groups in total. The number of hydrogen-bond donors (Lipinski definition) is 1. The molecule has 1 heterocycles. The molecule has 86 valence electrons.